The zero-order valence-corrected chi connectivity index (χ0v) is 19.2. The fourth-order valence-electron chi connectivity index (χ4n) is 4.02. The Labute approximate surface area is 194 Å². The molecule has 0 amide bonds. The highest BCUT2D eigenvalue weighted by Gasteiger charge is 2.21. The lowest BCUT2D eigenvalue weighted by Gasteiger charge is -2.18. The lowest BCUT2D eigenvalue weighted by atomic mass is 10.1. The summed E-state index contributed by atoms with van der Waals surface area (Å²) in [6.45, 7) is 1.75. The first-order chi connectivity index (χ1) is 16.3. The molecule has 0 saturated heterocycles. The van der Waals surface area contributed by atoms with E-state index in [-0.39, 0.29) is 15.9 Å². The lowest BCUT2D eigenvalue weighted by Crippen LogP contribution is -2.42. The van der Waals surface area contributed by atoms with E-state index in [0.717, 1.165) is 21.7 Å². The summed E-state index contributed by atoms with van der Waals surface area (Å²) in [6, 6.07) is 19.8. The molecule has 3 heterocycles. The molecular weight excluding hydrogens is 452 g/mol. The summed E-state index contributed by atoms with van der Waals surface area (Å²) in [5, 5.41) is 1.22. The highest BCUT2D eigenvalue weighted by Crippen LogP contribution is 2.20. The quantitative estimate of drug-likeness (QED) is 0.398. The van der Waals surface area contributed by atoms with Crippen molar-refractivity contribution in [3.8, 4) is 5.69 Å². The van der Waals surface area contributed by atoms with Gasteiger partial charge in [0.25, 0.3) is 5.56 Å². The Balaban J connectivity index is 1.76. The second-order valence-electron chi connectivity index (χ2n) is 8.04. The molecule has 8 nitrogen and oxygen atoms in total. The molecule has 0 aliphatic rings. The molecule has 0 aliphatic heterocycles. The van der Waals surface area contributed by atoms with E-state index < -0.39 is 27.1 Å². The van der Waals surface area contributed by atoms with Gasteiger partial charge < -0.3 is 0 Å². The van der Waals surface area contributed by atoms with Crippen LogP contribution in [0.2, 0.25) is 0 Å². The first-order valence-electron chi connectivity index (χ1n) is 10.5. The maximum atomic E-state index is 13.7. The molecule has 3 aromatic heterocycles. The number of aromatic nitrogens is 4. The Hall–Kier alpha value is -4.11. The van der Waals surface area contributed by atoms with Gasteiger partial charge in [0, 0.05) is 17.8 Å². The number of hydrogen-bond acceptors (Lipinski definition) is 6. The number of nitrogens with zero attached hydrogens (tertiary/aromatic N) is 4. The van der Waals surface area contributed by atoms with E-state index >= 15 is 0 Å². The molecule has 9 heteroatoms. The van der Waals surface area contributed by atoms with Gasteiger partial charge in [-0.1, -0.05) is 24.3 Å². The number of benzene rings is 2. The SMILES string of the molecule is CC(c1ccc2ccccc2n1)n1c(=O)c2cccnc2n(-c2ccc(S(C)(=O)=O)cc2)c1=O. The minimum atomic E-state index is -3.40. The average molecular weight is 473 g/mol. The first kappa shape index (κ1) is 21.7. The van der Waals surface area contributed by atoms with Gasteiger partial charge in [-0.3, -0.25) is 14.3 Å². The van der Waals surface area contributed by atoms with E-state index in [1.165, 1.54) is 35.0 Å². The van der Waals surface area contributed by atoms with Gasteiger partial charge in [-0.15, -0.1) is 0 Å². The second kappa shape index (κ2) is 8.03. The van der Waals surface area contributed by atoms with Gasteiger partial charge in [0.2, 0.25) is 0 Å². The standard InChI is InChI=1S/C25H20N4O4S/c1-16(21-14-9-17-6-3-4-8-22(17)27-21)28-24(30)20-7-5-15-26-23(20)29(25(28)31)18-10-12-19(13-11-18)34(2,32)33/h3-16H,1-2H3. The Morgan fingerprint density at radius 3 is 2.35 bits per heavy atom. The molecule has 0 bridgehead atoms. The molecule has 34 heavy (non-hydrogen) atoms. The smallest absolute Gasteiger partial charge is 0.268 e. The summed E-state index contributed by atoms with van der Waals surface area (Å²) in [4.78, 5) is 36.2. The molecule has 170 valence electrons. The average Bonchev–Trinajstić information content (AvgIpc) is 2.83. The molecule has 5 rings (SSSR count). The van der Waals surface area contributed by atoms with Crippen molar-refractivity contribution < 1.29 is 8.42 Å². The van der Waals surface area contributed by atoms with Gasteiger partial charge in [-0.25, -0.2) is 22.8 Å². The second-order valence-corrected chi connectivity index (χ2v) is 10.1. The highest BCUT2D eigenvalue weighted by atomic mass is 32.2. The van der Waals surface area contributed by atoms with Crippen LogP contribution >= 0.6 is 0 Å². The van der Waals surface area contributed by atoms with Crippen LogP contribution in [-0.4, -0.2) is 33.8 Å². The van der Waals surface area contributed by atoms with E-state index in [1.807, 2.05) is 30.3 Å². The number of rotatable bonds is 4. The Morgan fingerprint density at radius 1 is 0.882 bits per heavy atom. The molecular formula is C25H20N4O4S. The third-order valence-electron chi connectivity index (χ3n) is 5.80. The molecule has 0 N–H and O–H groups in total. The zero-order valence-electron chi connectivity index (χ0n) is 18.4. The van der Waals surface area contributed by atoms with Crippen LogP contribution in [0.25, 0.3) is 27.6 Å². The van der Waals surface area contributed by atoms with Crippen LogP contribution in [0.3, 0.4) is 0 Å². The fraction of sp³-hybridized carbons (Fsp3) is 0.120. The highest BCUT2D eigenvalue weighted by molar-refractivity contribution is 7.90. The van der Waals surface area contributed by atoms with Gasteiger partial charge in [-0.05, 0) is 55.5 Å². The molecule has 1 unspecified atom stereocenters. The van der Waals surface area contributed by atoms with Crippen LogP contribution in [0.5, 0.6) is 0 Å². The third kappa shape index (κ3) is 3.60. The van der Waals surface area contributed by atoms with E-state index in [0.29, 0.717) is 11.4 Å². The van der Waals surface area contributed by atoms with Gasteiger partial charge in [0.1, 0.15) is 0 Å². The van der Waals surface area contributed by atoms with Crippen LogP contribution in [-0.2, 0) is 9.84 Å². The minimum Gasteiger partial charge on any atom is -0.268 e. The molecule has 1 atom stereocenters. The van der Waals surface area contributed by atoms with Crippen molar-refractivity contribution >= 4 is 31.8 Å². The summed E-state index contributed by atoms with van der Waals surface area (Å²) < 4.78 is 26.2. The maximum absolute atomic E-state index is 13.7. The van der Waals surface area contributed by atoms with Gasteiger partial charge in [0.05, 0.1) is 33.2 Å². The largest absolute Gasteiger partial charge is 0.337 e. The lowest BCUT2D eigenvalue weighted by molar-refractivity contribution is 0.560. The van der Waals surface area contributed by atoms with Crippen molar-refractivity contribution in [2.24, 2.45) is 0 Å². The van der Waals surface area contributed by atoms with E-state index in [9.17, 15) is 18.0 Å². The normalized spacial score (nSPS) is 12.8. The van der Waals surface area contributed by atoms with Crippen LogP contribution in [0.4, 0.5) is 0 Å². The molecule has 5 aromatic rings. The Kier molecular flexibility index (Phi) is 5.13. The van der Waals surface area contributed by atoms with Crippen molar-refractivity contribution in [2.75, 3.05) is 6.26 Å². The monoisotopic (exact) mass is 472 g/mol. The zero-order chi connectivity index (χ0) is 24.0. The van der Waals surface area contributed by atoms with Gasteiger partial charge in [0.15, 0.2) is 15.5 Å². The fourth-order valence-corrected chi connectivity index (χ4v) is 4.65. The summed E-state index contributed by atoms with van der Waals surface area (Å²) in [6.07, 6.45) is 2.62. The summed E-state index contributed by atoms with van der Waals surface area (Å²) >= 11 is 0. The number of para-hydroxylation sites is 1. The van der Waals surface area contributed by atoms with Crippen molar-refractivity contribution in [2.45, 2.75) is 17.9 Å². The molecule has 0 aliphatic carbocycles. The number of pyridine rings is 2. The van der Waals surface area contributed by atoms with E-state index in [4.69, 9.17) is 0 Å². The van der Waals surface area contributed by atoms with E-state index in [1.54, 1.807) is 25.1 Å². The number of sulfone groups is 1. The molecule has 0 saturated carbocycles. The molecule has 0 spiro atoms. The topological polar surface area (TPSA) is 104 Å². The van der Waals surface area contributed by atoms with Crippen molar-refractivity contribution in [1.29, 1.82) is 0 Å². The van der Waals surface area contributed by atoms with Crippen LogP contribution in [0.1, 0.15) is 18.7 Å². The van der Waals surface area contributed by atoms with Crippen molar-refractivity contribution in [3.05, 3.63) is 106 Å². The molecule has 2 aromatic carbocycles. The van der Waals surface area contributed by atoms with Gasteiger partial charge in [-0.2, -0.15) is 0 Å². The Bertz CT molecular complexity index is 1790. The van der Waals surface area contributed by atoms with Crippen LogP contribution in [0.15, 0.2) is 93.5 Å². The molecule has 0 radical (unpaired) electrons. The maximum Gasteiger partial charge on any atom is 0.337 e. The van der Waals surface area contributed by atoms with E-state index in [2.05, 4.69) is 9.97 Å². The Morgan fingerprint density at radius 2 is 1.62 bits per heavy atom. The van der Waals surface area contributed by atoms with Crippen molar-refractivity contribution in [1.82, 2.24) is 19.1 Å². The van der Waals surface area contributed by atoms with Crippen LogP contribution in [0, 0.1) is 0 Å². The molecule has 0 fully saturated rings. The van der Waals surface area contributed by atoms with Crippen LogP contribution < -0.4 is 11.2 Å². The van der Waals surface area contributed by atoms with Crippen molar-refractivity contribution in [3.63, 3.8) is 0 Å². The number of hydrogen-bond donors (Lipinski definition) is 0. The number of fused-ring (bicyclic) bond motifs is 2. The summed E-state index contributed by atoms with van der Waals surface area (Å²) in [7, 11) is -3.40. The first-order valence-corrected chi connectivity index (χ1v) is 12.4. The summed E-state index contributed by atoms with van der Waals surface area (Å²) in [5.74, 6) is 0. The summed E-state index contributed by atoms with van der Waals surface area (Å²) in [5.41, 5.74) is 0.859. The van der Waals surface area contributed by atoms with Gasteiger partial charge >= 0.3 is 5.69 Å². The predicted octanol–water partition coefficient (Wildman–Crippen LogP) is 3.11. The predicted molar refractivity (Wildman–Crippen MR) is 130 cm³/mol. The third-order valence-corrected chi connectivity index (χ3v) is 6.93. The minimum absolute atomic E-state index is 0.128.